The van der Waals surface area contributed by atoms with E-state index >= 15 is 0 Å². The van der Waals surface area contributed by atoms with Crippen LogP contribution < -0.4 is 20.9 Å². The van der Waals surface area contributed by atoms with E-state index < -0.39 is 72.0 Å². The van der Waals surface area contributed by atoms with E-state index in [-0.39, 0.29) is 112 Å². The second-order valence-electron chi connectivity index (χ2n) is 26.0. The number of aliphatic carboxylic acids is 1. The molecule has 0 radical (unpaired) electrons. The fraction of sp³-hybridized carbons (Fsp3) is 0.608. The molecule has 0 aliphatic carbocycles. The van der Waals surface area contributed by atoms with Crippen molar-refractivity contribution in [2.75, 3.05) is 113 Å². The zero-order valence-corrected chi connectivity index (χ0v) is 59.7. The second kappa shape index (κ2) is 42.2. The number of hydrogen-bond acceptors (Lipinski definition) is 15. The average Bonchev–Trinajstić information content (AvgIpc) is 1.39. The molecule has 24 heteroatoms. The molecule has 4 N–H and O–H groups in total. The highest BCUT2D eigenvalue weighted by Crippen LogP contribution is 2.31. The van der Waals surface area contributed by atoms with Gasteiger partial charge in [0.05, 0.1) is 102 Å². The molecule has 0 saturated carbocycles. The first-order valence-electron chi connectivity index (χ1n) is 34.5. The number of carboxylic acids is 1. The molecule has 8 amide bonds. The van der Waals surface area contributed by atoms with Crippen molar-refractivity contribution in [1.82, 2.24) is 35.6 Å². The lowest BCUT2D eigenvalue weighted by Crippen LogP contribution is -2.60. The van der Waals surface area contributed by atoms with Crippen LogP contribution in [0.25, 0.3) is 0 Å². The number of likely N-dealkylation sites (N-methyl/N-ethyl adjacent to an activating group) is 3. The van der Waals surface area contributed by atoms with Crippen molar-refractivity contribution in [2.45, 2.75) is 162 Å². The summed E-state index contributed by atoms with van der Waals surface area (Å²) < 4.78 is 34.4. The summed E-state index contributed by atoms with van der Waals surface area (Å²) in [5.41, 5.74) is 4.11. The zero-order chi connectivity index (χ0) is 71.8. The number of ether oxygens (including phenoxy) is 6. The molecule has 24 nitrogen and oxygen atoms in total. The second-order valence-corrected chi connectivity index (χ2v) is 26.0. The van der Waals surface area contributed by atoms with Crippen LogP contribution in [0.3, 0.4) is 0 Å². The minimum atomic E-state index is -1.18. The van der Waals surface area contributed by atoms with E-state index in [0.29, 0.717) is 78.5 Å². The van der Waals surface area contributed by atoms with Gasteiger partial charge < -0.3 is 74.0 Å². The first kappa shape index (κ1) is 80.9. The predicted octanol–water partition coefficient (Wildman–Crippen LogP) is 5.88. The molecule has 2 aliphatic heterocycles. The van der Waals surface area contributed by atoms with Crippen LogP contribution in [0.4, 0.5) is 5.69 Å². The highest BCUT2D eigenvalue weighted by atomic mass is 16.6. The Labute approximate surface area is 579 Å². The number of carbonyl (C=O) groups excluding carboxylic acids is 8. The van der Waals surface area contributed by atoms with Gasteiger partial charge >= 0.3 is 5.97 Å². The van der Waals surface area contributed by atoms with Gasteiger partial charge in [0.15, 0.2) is 0 Å². The molecule has 1 fully saturated rings. The summed E-state index contributed by atoms with van der Waals surface area (Å²) in [5, 5.41) is 18.5. The van der Waals surface area contributed by atoms with Crippen molar-refractivity contribution in [3.8, 4) is 11.8 Å². The monoisotopic (exact) mass is 1360 g/mol. The lowest BCUT2D eigenvalue weighted by Gasteiger charge is -2.41. The Morgan fingerprint density at radius 3 is 1.88 bits per heavy atom. The maximum atomic E-state index is 14.7. The first-order valence-corrected chi connectivity index (χ1v) is 34.5. The number of methoxy groups -OCH3 is 2. The number of rotatable bonds is 43. The van der Waals surface area contributed by atoms with Gasteiger partial charge in [-0.15, -0.1) is 0 Å². The molecule has 2 aliphatic rings. The third-order valence-corrected chi connectivity index (χ3v) is 18.3. The number of likely N-dealkylation sites (tertiary alicyclic amines) is 1. The quantitative estimate of drug-likeness (QED) is 0.0380. The van der Waals surface area contributed by atoms with E-state index in [1.54, 1.807) is 71.9 Å². The molecule has 98 heavy (non-hydrogen) atoms. The smallest absolute Gasteiger partial charge is 0.326 e. The van der Waals surface area contributed by atoms with E-state index in [9.17, 15) is 48.3 Å². The molecule has 2 heterocycles. The number of amides is 8. The molecule has 9 atom stereocenters. The Morgan fingerprint density at radius 2 is 1.26 bits per heavy atom. The fourth-order valence-electron chi connectivity index (χ4n) is 12.5. The summed E-state index contributed by atoms with van der Waals surface area (Å²) in [6.45, 7) is 16.6. The van der Waals surface area contributed by atoms with Gasteiger partial charge in [-0.1, -0.05) is 127 Å². The third-order valence-electron chi connectivity index (χ3n) is 18.3. The zero-order valence-electron chi connectivity index (χ0n) is 59.7. The van der Waals surface area contributed by atoms with Crippen molar-refractivity contribution in [2.24, 2.45) is 23.7 Å². The lowest BCUT2D eigenvalue weighted by molar-refractivity contribution is -0.149. The van der Waals surface area contributed by atoms with Crippen molar-refractivity contribution in [1.29, 1.82) is 0 Å². The van der Waals surface area contributed by atoms with Gasteiger partial charge in [-0.2, -0.15) is 0 Å². The van der Waals surface area contributed by atoms with Crippen LogP contribution in [-0.4, -0.2) is 228 Å². The van der Waals surface area contributed by atoms with Gasteiger partial charge in [-0.05, 0) is 66.3 Å². The maximum Gasteiger partial charge on any atom is 0.326 e. The number of anilines is 1. The normalized spacial score (nSPS) is 15.9. The van der Waals surface area contributed by atoms with E-state index in [1.165, 1.54) is 19.1 Å². The van der Waals surface area contributed by atoms with Crippen LogP contribution >= 0.6 is 0 Å². The first-order chi connectivity index (χ1) is 46.9. The SMILES string of the molecule is CC[C@H](C)[C@@H]([C@@H](CC(=O)N1CCC[C@H]1[C@H](OC)[C@@H](C)C(=O)N[C@@H](Cc1ccccc1)C(=O)O)OC)N(C)C(=O)[C@@H](NC(=O)[C@H](C(C)C)N(C)C(=O)CCCC(=O)N(C)CCOCCOCCOCCOCCC(=O)NCCC(=O)N1Cc2ccccc2C#Cc2ccccc21)C(C)C. The number of nitrogens with one attached hydrogen (secondary N) is 3. The summed E-state index contributed by atoms with van der Waals surface area (Å²) in [5.74, 6) is 1.03. The fourth-order valence-corrected chi connectivity index (χ4v) is 12.5. The van der Waals surface area contributed by atoms with Gasteiger partial charge in [0, 0.05) is 98.2 Å². The molecule has 3 aromatic carbocycles. The van der Waals surface area contributed by atoms with Crippen molar-refractivity contribution in [3.63, 3.8) is 0 Å². The number of carboxylic acid groups (broad SMARTS) is 1. The molecule has 3 aromatic rings. The summed E-state index contributed by atoms with van der Waals surface area (Å²) in [7, 11) is 7.83. The minimum Gasteiger partial charge on any atom is -0.480 e. The van der Waals surface area contributed by atoms with Gasteiger partial charge in [0.2, 0.25) is 47.3 Å². The topological polar surface area (TPSA) is 282 Å². The van der Waals surface area contributed by atoms with Crippen LogP contribution in [0.5, 0.6) is 0 Å². The number of benzene rings is 3. The van der Waals surface area contributed by atoms with Gasteiger partial charge in [-0.25, -0.2) is 4.79 Å². The van der Waals surface area contributed by atoms with Crippen molar-refractivity contribution < 1.29 is 76.7 Å². The molecule has 0 bridgehead atoms. The molecule has 0 unspecified atom stereocenters. The molecule has 1 saturated heterocycles. The highest BCUT2D eigenvalue weighted by molar-refractivity contribution is 5.96. The van der Waals surface area contributed by atoms with Crippen LogP contribution in [0.15, 0.2) is 78.9 Å². The summed E-state index contributed by atoms with van der Waals surface area (Å²) >= 11 is 0. The number of carbonyl (C=O) groups is 9. The van der Waals surface area contributed by atoms with Crippen LogP contribution in [0.2, 0.25) is 0 Å². The van der Waals surface area contributed by atoms with Crippen LogP contribution in [0, 0.1) is 35.5 Å². The summed E-state index contributed by atoms with van der Waals surface area (Å²) in [6.07, 6.45) is 0.915. The number of para-hydroxylation sites is 1. The standard InChI is InChI=1S/C74H108N8O16/c1-13-52(6)69(61(93-11)48-66(87)81-37-22-29-60(81)70(94-12)53(7)71(88)76-58(74(91)92)47-54-23-15-14-16-24-54)80(10)73(90)67(50(2)3)77-72(89)68(51(4)5)79(9)64(85)31-21-30-63(84)78(8)38-40-96-42-44-98-46-45-97-43-41-95-39-35-62(83)75-36-34-65(86)82-49-57-27-18-17-25-55(57)32-33-56-26-19-20-28-59(56)82/h14-20,23-28,50-53,58,60-61,67-70H,13,21-22,29-31,34-49H2,1-12H3,(H,75,83)(H,76,88)(H,77,89)(H,91,92)/t52-,53+,58-,60-,61+,67-,68-,69-,70+/m0/s1. The molecular weight excluding hydrogens is 1260 g/mol. The van der Waals surface area contributed by atoms with E-state index in [4.69, 9.17) is 28.4 Å². The Hall–Kier alpha value is -7.79. The number of hydrogen-bond donors (Lipinski definition) is 4. The number of fused-ring (bicyclic) bond motifs is 2. The molecule has 5 rings (SSSR count). The highest BCUT2D eigenvalue weighted by Gasteiger charge is 2.44. The molecular formula is C74H108N8O16. The Morgan fingerprint density at radius 1 is 0.653 bits per heavy atom. The molecule has 0 aromatic heterocycles. The minimum absolute atomic E-state index is 0.00950. The number of nitrogens with zero attached hydrogens (tertiary/aromatic N) is 5. The van der Waals surface area contributed by atoms with Gasteiger partial charge in [-0.3, -0.25) is 38.4 Å². The third kappa shape index (κ3) is 24.9. The van der Waals surface area contributed by atoms with Gasteiger partial charge in [0.25, 0.3) is 0 Å². The van der Waals surface area contributed by atoms with Crippen molar-refractivity contribution >= 4 is 58.9 Å². The van der Waals surface area contributed by atoms with Crippen LogP contribution in [-0.2, 0) is 84.5 Å². The Balaban J connectivity index is 0.960. The maximum absolute atomic E-state index is 14.7. The Bertz CT molecular complexity index is 3120. The van der Waals surface area contributed by atoms with Gasteiger partial charge in [0.1, 0.15) is 18.1 Å². The largest absolute Gasteiger partial charge is 0.480 e. The lowest BCUT2D eigenvalue weighted by atomic mass is 9.89. The van der Waals surface area contributed by atoms with Crippen LogP contribution in [0.1, 0.15) is 129 Å². The average molecular weight is 1370 g/mol. The molecule has 0 spiro atoms. The van der Waals surface area contributed by atoms with E-state index in [0.717, 1.165) is 27.9 Å². The molecule has 540 valence electrons. The van der Waals surface area contributed by atoms with Crippen molar-refractivity contribution in [3.05, 3.63) is 101 Å². The summed E-state index contributed by atoms with van der Waals surface area (Å²) in [4.78, 5) is 130. The Kier molecular flexibility index (Phi) is 34.9. The van der Waals surface area contributed by atoms with E-state index in [2.05, 4.69) is 27.8 Å². The summed E-state index contributed by atoms with van der Waals surface area (Å²) in [6, 6.07) is 20.1. The predicted molar refractivity (Wildman–Crippen MR) is 371 cm³/mol. The van der Waals surface area contributed by atoms with E-state index in [1.807, 2.05) is 96.1 Å².